The SMILES string of the molecule is CC(C)C1=C(O[C@H]2O[C@H](CO)[C@@H](O)[C@H](O)[C@@H]2O)CC(C)(C)C=C1. The van der Waals surface area contributed by atoms with Crippen molar-refractivity contribution in [3.8, 4) is 0 Å². The van der Waals surface area contributed by atoms with E-state index < -0.39 is 37.3 Å². The molecule has 0 bridgehead atoms. The van der Waals surface area contributed by atoms with Gasteiger partial charge >= 0.3 is 0 Å². The van der Waals surface area contributed by atoms with E-state index in [1.165, 1.54) is 0 Å². The molecule has 4 N–H and O–H groups in total. The fourth-order valence-electron chi connectivity index (χ4n) is 2.91. The van der Waals surface area contributed by atoms with Gasteiger partial charge in [0.15, 0.2) is 0 Å². The molecule has 1 saturated heterocycles. The normalized spacial score (nSPS) is 37.3. The second kappa shape index (κ2) is 6.91. The number of allylic oxidation sites excluding steroid dienone is 4. The molecule has 0 aromatic carbocycles. The van der Waals surface area contributed by atoms with Gasteiger partial charge < -0.3 is 29.9 Å². The zero-order chi connectivity index (χ0) is 17.4. The molecule has 2 rings (SSSR count). The Balaban J connectivity index is 2.22. The molecule has 0 radical (unpaired) electrons. The monoisotopic (exact) mass is 328 g/mol. The van der Waals surface area contributed by atoms with E-state index in [0.717, 1.165) is 5.57 Å². The van der Waals surface area contributed by atoms with Crippen LogP contribution in [0, 0.1) is 11.3 Å². The Bertz CT molecular complexity index is 479. The summed E-state index contributed by atoms with van der Waals surface area (Å²) in [5, 5.41) is 39.1. The standard InChI is InChI=1S/C17H28O6/c1-9(2)10-5-6-17(3,4)7-11(10)22-16-15(21)14(20)13(19)12(8-18)23-16/h5-6,9,12-16,18-21H,7-8H2,1-4H3/t12-,13-,14+,15+,16+/m1/s1. The highest BCUT2D eigenvalue weighted by Crippen LogP contribution is 2.38. The second-order valence-corrected chi connectivity index (χ2v) is 7.35. The van der Waals surface area contributed by atoms with Gasteiger partial charge in [-0.3, -0.25) is 0 Å². The Labute approximate surface area is 137 Å². The summed E-state index contributed by atoms with van der Waals surface area (Å²) >= 11 is 0. The van der Waals surface area contributed by atoms with Crippen LogP contribution in [-0.2, 0) is 9.47 Å². The van der Waals surface area contributed by atoms with Gasteiger partial charge in [0.1, 0.15) is 30.2 Å². The van der Waals surface area contributed by atoms with Crippen LogP contribution < -0.4 is 0 Å². The van der Waals surface area contributed by atoms with Crippen LogP contribution in [0.25, 0.3) is 0 Å². The van der Waals surface area contributed by atoms with E-state index in [-0.39, 0.29) is 11.3 Å². The molecule has 1 fully saturated rings. The molecule has 23 heavy (non-hydrogen) atoms. The molecule has 0 amide bonds. The summed E-state index contributed by atoms with van der Waals surface area (Å²) in [6.45, 7) is 7.80. The lowest BCUT2D eigenvalue weighted by Gasteiger charge is -2.41. The minimum atomic E-state index is -1.43. The average molecular weight is 328 g/mol. The molecule has 0 saturated carbocycles. The number of aliphatic hydroxyl groups excluding tert-OH is 4. The lowest BCUT2D eigenvalue weighted by molar-refractivity contribution is -0.292. The van der Waals surface area contributed by atoms with Gasteiger partial charge in [-0.1, -0.05) is 39.8 Å². The lowest BCUT2D eigenvalue weighted by atomic mass is 9.80. The summed E-state index contributed by atoms with van der Waals surface area (Å²) in [4.78, 5) is 0. The number of aliphatic hydroxyl groups is 4. The highest BCUT2D eigenvalue weighted by atomic mass is 16.7. The van der Waals surface area contributed by atoms with E-state index in [4.69, 9.17) is 9.47 Å². The molecule has 0 aromatic heterocycles. The Morgan fingerprint density at radius 1 is 1.22 bits per heavy atom. The minimum absolute atomic E-state index is 0.0815. The smallest absolute Gasteiger partial charge is 0.228 e. The molecule has 0 unspecified atom stereocenters. The first-order valence-electron chi connectivity index (χ1n) is 8.05. The molecule has 1 aliphatic carbocycles. The predicted octanol–water partition coefficient (Wildman–Crippen LogP) is 0.699. The third-order valence-corrected chi connectivity index (χ3v) is 4.38. The van der Waals surface area contributed by atoms with E-state index in [1.807, 2.05) is 6.08 Å². The van der Waals surface area contributed by atoms with Crippen molar-refractivity contribution in [2.24, 2.45) is 11.3 Å². The van der Waals surface area contributed by atoms with Gasteiger partial charge in [0.25, 0.3) is 0 Å². The van der Waals surface area contributed by atoms with Crippen LogP contribution in [0.5, 0.6) is 0 Å². The molecule has 0 aromatic rings. The van der Waals surface area contributed by atoms with Crippen LogP contribution in [0.4, 0.5) is 0 Å². The van der Waals surface area contributed by atoms with E-state index in [0.29, 0.717) is 12.2 Å². The maximum absolute atomic E-state index is 10.1. The summed E-state index contributed by atoms with van der Waals surface area (Å²) in [6, 6.07) is 0. The van der Waals surface area contributed by atoms with E-state index in [2.05, 4.69) is 33.8 Å². The van der Waals surface area contributed by atoms with Crippen molar-refractivity contribution in [2.45, 2.75) is 64.8 Å². The van der Waals surface area contributed by atoms with Crippen molar-refractivity contribution in [1.82, 2.24) is 0 Å². The van der Waals surface area contributed by atoms with Crippen LogP contribution >= 0.6 is 0 Å². The average Bonchev–Trinajstić information content (AvgIpc) is 2.46. The van der Waals surface area contributed by atoms with Gasteiger partial charge in [0, 0.05) is 6.42 Å². The summed E-state index contributed by atoms with van der Waals surface area (Å²) in [7, 11) is 0. The van der Waals surface area contributed by atoms with Crippen molar-refractivity contribution < 1.29 is 29.9 Å². The highest BCUT2D eigenvalue weighted by Gasteiger charge is 2.45. The Kier molecular flexibility index (Phi) is 5.53. The van der Waals surface area contributed by atoms with Crippen molar-refractivity contribution in [3.63, 3.8) is 0 Å². The van der Waals surface area contributed by atoms with Gasteiger partial charge in [-0.15, -0.1) is 0 Å². The van der Waals surface area contributed by atoms with Crippen LogP contribution in [0.15, 0.2) is 23.5 Å². The maximum Gasteiger partial charge on any atom is 0.228 e. The van der Waals surface area contributed by atoms with Gasteiger partial charge in [-0.25, -0.2) is 0 Å². The molecule has 5 atom stereocenters. The number of hydrogen-bond donors (Lipinski definition) is 4. The van der Waals surface area contributed by atoms with Crippen molar-refractivity contribution in [2.75, 3.05) is 6.61 Å². The zero-order valence-corrected chi connectivity index (χ0v) is 14.1. The van der Waals surface area contributed by atoms with Crippen LogP contribution in [0.2, 0.25) is 0 Å². The summed E-state index contributed by atoms with van der Waals surface area (Å²) in [5.41, 5.74) is 0.934. The first-order chi connectivity index (χ1) is 10.7. The number of hydrogen-bond acceptors (Lipinski definition) is 6. The molecule has 1 aliphatic heterocycles. The van der Waals surface area contributed by atoms with Gasteiger partial charge in [-0.05, 0) is 16.9 Å². The van der Waals surface area contributed by atoms with E-state index >= 15 is 0 Å². The third-order valence-electron chi connectivity index (χ3n) is 4.38. The first kappa shape index (κ1) is 18.4. The largest absolute Gasteiger partial charge is 0.466 e. The van der Waals surface area contributed by atoms with Crippen LogP contribution in [0.3, 0.4) is 0 Å². The van der Waals surface area contributed by atoms with Crippen LogP contribution in [0.1, 0.15) is 34.1 Å². The van der Waals surface area contributed by atoms with E-state index in [1.54, 1.807) is 0 Å². The van der Waals surface area contributed by atoms with Gasteiger partial charge in [-0.2, -0.15) is 0 Å². The van der Waals surface area contributed by atoms with E-state index in [9.17, 15) is 20.4 Å². The van der Waals surface area contributed by atoms with Crippen LogP contribution in [-0.4, -0.2) is 57.7 Å². The Hall–Kier alpha value is -0.920. The summed E-state index contributed by atoms with van der Waals surface area (Å²) in [6.07, 6.45) is -1.49. The molecular weight excluding hydrogens is 300 g/mol. The predicted molar refractivity (Wildman–Crippen MR) is 84.3 cm³/mol. The van der Waals surface area contributed by atoms with Gasteiger partial charge in [0.2, 0.25) is 6.29 Å². The molecule has 2 aliphatic rings. The summed E-state index contributed by atoms with van der Waals surface area (Å²) in [5.74, 6) is 0.944. The summed E-state index contributed by atoms with van der Waals surface area (Å²) < 4.78 is 11.3. The van der Waals surface area contributed by atoms with Gasteiger partial charge in [0.05, 0.1) is 6.61 Å². The minimum Gasteiger partial charge on any atom is -0.466 e. The zero-order valence-electron chi connectivity index (χ0n) is 14.1. The second-order valence-electron chi connectivity index (χ2n) is 7.35. The maximum atomic E-state index is 10.1. The fraction of sp³-hybridized carbons (Fsp3) is 0.765. The lowest BCUT2D eigenvalue weighted by Crippen LogP contribution is -2.59. The Morgan fingerprint density at radius 2 is 1.87 bits per heavy atom. The molecular formula is C17H28O6. The first-order valence-corrected chi connectivity index (χ1v) is 8.05. The fourth-order valence-corrected chi connectivity index (χ4v) is 2.91. The third kappa shape index (κ3) is 3.95. The van der Waals surface area contributed by atoms with Crippen molar-refractivity contribution in [3.05, 3.63) is 23.5 Å². The molecule has 6 heteroatoms. The number of rotatable bonds is 4. The molecule has 0 spiro atoms. The topological polar surface area (TPSA) is 99.4 Å². The Morgan fingerprint density at radius 3 is 2.43 bits per heavy atom. The molecule has 6 nitrogen and oxygen atoms in total. The molecule has 1 heterocycles. The highest BCUT2D eigenvalue weighted by molar-refractivity contribution is 5.31. The quantitative estimate of drug-likeness (QED) is 0.606. The van der Waals surface area contributed by atoms with Crippen molar-refractivity contribution in [1.29, 1.82) is 0 Å². The van der Waals surface area contributed by atoms with Crippen molar-refractivity contribution >= 4 is 0 Å². The molecule has 132 valence electrons. The number of ether oxygens (including phenoxy) is 2.